The molecule has 0 aromatic heterocycles. The van der Waals surface area contributed by atoms with E-state index in [1.54, 1.807) is 0 Å². The highest BCUT2D eigenvalue weighted by molar-refractivity contribution is 4.90. The molecule has 0 saturated heterocycles. The summed E-state index contributed by atoms with van der Waals surface area (Å²) in [5.74, 6) is 0.942. The Morgan fingerprint density at radius 2 is 2.00 bits per heavy atom. The number of rotatable bonds is 10. The smallest absolute Gasteiger partial charge is 0.0589 e. The molecule has 2 aliphatic rings. The molecule has 3 nitrogen and oxygen atoms in total. The normalized spacial score (nSPS) is 23.3. The Balaban J connectivity index is 1.84. The van der Waals surface area contributed by atoms with Crippen molar-refractivity contribution in [3.8, 4) is 0 Å². The zero-order chi connectivity index (χ0) is 13.0. The molecule has 0 radical (unpaired) electrons. The number of hydrogen-bond acceptors (Lipinski definition) is 3. The van der Waals surface area contributed by atoms with Crippen LogP contribution in [0.2, 0.25) is 0 Å². The van der Waals surface area contributed by atoms with Gasteiger partial charge < -0.3 is 10.1 Å². The number of hydrogen-bond donors (Lipinski definition) is 1. The maximum Gasteiger partial charge on any atom is 0.0589 e. The van der Waals surface area contributed by atoms with E-state index in [0.29, 0.717) is 6.04 Å². The van der Waals surface area contributed by atoms with Gasteiger partial charge in [0.1, 0.15) is 0 Å². The Hall–Kier alpha value is -0.120. The van der Waals surface area contributed by atoms with Crippen LogP contribution < -0.4 is 5.32 Å². The fraction of sp³-hybridized carbons (Fsp3) is 1.00. The van der Waals surface area contributed by atoms with E-state index in [9.17, 15) is 0 Å². The van der Waals surface area contributed by atoms with Gasteiger partial charge in [-0.25, -0.2) is 0 Å². The van der Waals surface area contributed by atoms with Crippen molar-refractivity contribution in [1.29, 1.82) is 0 Å². The summed E-state index contributed by atoms with van der Waals surface area (Å²) in [4.78, 5) is 2.69. The van der Waals surface area contributed by atoms with Crippen LogP contribution >= 0.6 is 0 Å². The molecule has 0 heterocycles. The Kier molecular flexibility index (Phi) is 5.46. The van der Waals surface area contributed by atoms with Gasteiger partial charge in [-0.1, -0.05) is 6.92 Å². The van der Waals surface area contributed by atoms with Crippen LogP contribution in [0.5, 0.6) is 0 Å². The van der Waals surface area contributed by atoms with Gasteiger partial charge >= 0.3 is 0 Å². The summed E-state index contributed by atoms with van der Waals surface area (Å²) in [6.45, 7) is 7.82. The maximum absolute atomic E-state index is 5.29. The molecule has 0 bridgehead atoms. The quantitative estimate of drug-likeness (QED) is 0.647. The van der Waals surface area contributed by atoms with E-state index in [0.717, 1.165) is 37.7 Å². The van der Waals surface area contributed by atoms with E-state index < -0.39 is 0 Å². The van der Waals surface area contributed by atoms with E-state index in [1.807, 2.05) is 7.11 Å². The highest BCUT2D eigenvalue weighted by Crippen LogP contribution is 2.36. The third kappa shape index (κ3) is 4.22. The molecule has 1 N–H and O–H groups in total. The summed E-state index contributed by atoms with van der Waals surface area (Å²) < 4.78 is 5.29. The second-order valence-electron chi connectivity index (χ2n) is 6.05. The van der Waals surface area contributed by atoms with Gasteiger partial charge in [0.15, 0.2) is 0 Å². The number of nitrogens with one attached hydrogen (secondary N) is 1. The van der Waals surface area contributed by atoms with Gasteiger partial charge in [-0.2, -0.15) is 0 Å². The summed E-state index contributed by atoms with van der Waals surface area (Å²) >= 11 is 0. The van der Waals surface area contributed by atoms with Crippen LogP contribution in [0, 0.1) is 5.92 Å². The lowest BCUT2D eigenvalue weighted by atomic mass is 10.1. The van der Waals surface area contributed by atoms with Gasteiger partial charge in [0.2, 0.25) is 0 Å². The molecule has 0 aromatic rings. The highest BCUT2D eigenvalue weighted by atomic mass is 16.5. The molecule has 2 atom stereocenters. The van der Waals surface area contributed by atoms with Crippen LogP contribution in [-0.2, 0) is 4.74 Å². The average Bonchev–Trinajstić information content (AvgIpc) is 3.25. The van der Waals surface area contributed by atoms with E-state index in [-0.39, 0.29) is 0 Å². The van der Waals surface area contributed by atoms with Crippen molar-refractivity contribution in [2.75, 3.05) is 26.8 Å². The first-order valence-electron chi connectivity index (χ1n) is 7.74. The summed E-state index contributed by atoms with van der Waals surface area (Å²) in [6.07, 6.45) is 6.86. The molecule has 0 aromatic carbocycles. The van der Waals surface area contributed by atoms with Gasteiger partial charge in [0.25, 0.3) is 0 Å². The maximum atomic E-state index is 5.29. The fourth-order valence-electron chi connectivity index (χ4n) is 2.85. The SMILES string of the molecule is CCC(CNC1CC1)N(CCOC)C(C)C1CC1. The van der Waals surface area contributed by atoms with Crippen LogP contribution in [0.4, 0.5) is 0 Å². The van der Waals surface area contributed by atoms with Gasteiger partial charge in [-0.15, -0.1) is 0 Å². The molecular formula is C15H30N2O. The first kappa shape index (κ1) is 14.3. The molecular weight excluding hydrogens is 224 g/mol. The molecule has 0 spiro atoms. The zero-order valence-electron chi connectivity index (χ0n) is 12.3. The van der Waals surface area contributed by atoms with Crippen LogP contribution in [-0.4, -0.2) is 49.8 Å². The first-order chi connectivity index (χ1) is 8.76. The predicted molar refractivity (Wildman–Crippen MR) is 75.9 cm³/mol. The Bertz CT molecular complexity index is 239. The van der Waals surface area contributed by atoms with Crippen LogP contribution in [0.25, 0.3) is 0 Å². The van der Waals surface area contributed by atoms with Gasteiger partial charge in [0, 0.05) is 38.3 Å². The third-order valence-electron chi connectivity index (χ3n) is 4.54. The van der Waals surface area contributed by atoms with Gasteiger partial charge in [-0.3, -0.25) is 4.90 Å². The van der Waals surface area contributed by atoms with Crippen LogP contribution in [0.15, 0.2) is 0 Å². The molecule has 2 rings (SSSR count). The monoisotopic (exact) mass is 254 g/mol. The Morgan fingerprint density at radius 3 is 2.50 bits per heavy atom. The van der Waals surface area contributed by atoms with Crippen molar-refractivity contribution in [3.05, 3.63) is 0 Å². The average molecular weight is 254 g/mol. The van der Waals surface area contributed by atoms with E-state index in [2.05, 4.69) is 24.1 Å². The van der Waals surface area contributed by atoms with Gasteiger partial charge in [-0.05, 0) is 44.9 Å². The lowest BCUT2D eigenvalue weighted by Gasteiger charge is -2.36. The van der Waals surface area contributed by atoms with Crippen LogP contribution in [0.3, 0.4) is 0 Å². The lowest BCUT2D eigenvalue weighted by molar-refractivity contribution is 0.0785. The van der Waals surface area contributed by atoms with Crippen molar-refractivity contribution in [1.82, 2.24) is 10.2 Å². The molecule has 2 fully saturated rings. The predicted octanol–water partition coefficient (Wildman–Crippen LogP) is 2.26. The minimum Gasteiger partial charge on any atom is -0.383 e. The molecule has 2 saturated carbocycles. The largest absolute Gasteiger partial charge is 0.383 e. The second-order valence-corrected chi connectivity index (χ2v) is 6.05. The van der Waals surface area contributed by atoms with Gasteiger partial charge in [0.05, 0.1) is 6.61 Å². The fourth-order valence-corrected chi connectivity index (χ4v) is 2.85. The molecule has 0 aliphatic heterocycles. The highest BCUT2D eigenvalue weighted by Gasteiger charge is 2.34. The van der Waals surface area contributed by atoms with E-state index in [4.69, 9.17) is 4.74 Å². The standard InChI is InChI=1S/C15H30N2O/c1-4-15(11-16-14-7-8-14)17(9-10-18-3)12(2)13-5-6-13/h12-16H,4-11H2,1-3H3. The molecule has 106 valence electrons. The summed E-state index contributed by atoms with van der Waals surface area (Å²) in [5.41, 5.74) is 0. The minimum absolute atomic E-state index is 0.677. The molecule has 0 amide bonds. The van der Waals surface area contributed by atoms with Crippen molar-refractivity contribution in [3.63, 3.8) is 0 Å². The van der Waals surface area contributed by atoms with Crippen molar-refractivity contribution in [2.45, 2.75) is 64.1 Å². The molecule has 3 heteroatoms. The molecule has 18 heavy (non-hydrogen) atoms. The molecule has 2 unspecified atom stereocenters. The van der Waals surface area contributed by atoms with E-state index in [1.165, 1.54) is 32.1 Å². The molecule has 2 aliphatic carbocycles. The summed E-state index contributed by atoms with van der Waals surface area (Å²) in [5, 5.41) is 3.70. The Labute approximate surface area is 112 Å². The topological polar surface area (TPSA) is 24.5 Å². The summed E-state index contributed by atoms with van der Waals surface area (Å²) in [7, 11) is 1.81. The summed E-state index contributed by atoms with van der Waals surface area (Å²) in [6, 6.07) is 2.22. The first-order valence-corrected chi connectivity index (χ1v) is 7.74. The number of ether oxygens (including phenoxy) is 1. The number of nitrogens with zero attached hydrogens (tertiary/aromatic N) is 1. The van der Waals surface area contributed by atoms with Crippen LogP contribution in [0.1, 0.15) is 46.0 Å². The van der Waals surface area contributed by atoms with Crippen molar-refractivity contribution in [2.24, 2.45) is 5.92 Å². The van der Waals surface area contributed by atoms with Crippen molar-refractivity contribution >= 4 is 0 Å². The number of methoxy groups -OCH3 is 1. The second kappa shape index (κ2) is 6.88. The third-order valence-corrected chi connectivity index (χ3v) is 4.54. The van der Waals surface area contributed by atoms with Crippen molar-refractivity contribution < 1.29 is 4.74 Å². The Morgan fingerprint density at radius 1 is 1.28 bits per heavy atom. The lowest BCUT2D eigenvalue weighted by Crippen LogP contribution is -2.49. The minimum atomic E-state index is 0.677. The van der Waals surface area contributed by atoms with E-state index >= 15 is 0 Å². The zero-order valence-corrected chi connectivity index (χ0v) is 12.3.